The Bertz CT molecular complexity index is 483. The number of carboxylic acid groups (broad SMARTS) is 1. The van der Waals surface area contributed by atoms with Crippen molar-refractivity contribution in [3.8, 4) is 0 Å². The molecule has 0 radical (unpaired) electrons. The molecular weight excluding hydrogens is 242 g/mol. The summed E-state index contributed by atoms with van der Waals surface area (Å²) in [6.07, 6.45) is 0. The second-order valence-electron chi connectivity index (χ2n) is 5.31. The van der Waals surface area contributed by atoms with Crippen LogP contribution >= 0.6 is 0 Å². The van der Waals surface area contributed by atoms with Crippen LogP contribution < -0.4 is 5.32 Å². The van der Waals surface area contributed by atoms with Gasteiger partial charge >= 0.3 is 5.97 Å². The van der Waals surface area contributed by atoms with E-state index in [4.69, 9.17) is 5.11 Å². The zero-order valence-electron chi connectivity index (χ0n) is 12.1. The average molecular weight is 263 g/mol. The Balaban J connectivity index is 3.05. The van der Waals surface area contributed by atoms with E-state index in [1.165, 1.54) is 0 Å². The number of rotatable bonds is 4. The van der Waals surface area contributed by atoms with Crippen LogP contribution in [-0.2, 0) is 4.79 Å². The van der Waals surface area contributed by atoms with Gasteiger partial charge in [0, 0.05) is 5.56 Å². The first kappa shape index (κ1) is 15.2. The molecule has 0 bridgehead atoms. The third kappa shape index (κ3) is 3.56. The van der Waals surface area contributed by atoms with E-state index in [0.29, 0.717) is 5.56 Å². The third-order valence-electron chi connectivity index (χ3n) is 3.12. The Morgan fingerprint density at radius 2 is 1.58 bits per heavy atom. The molecule has 0 saturated carbocycles. The van der Waals surface area contributed by atoms with Crippen molar-refractivity contribution in [3.05, 3.63) is 34.4 Å². The molecule has 1 aromatic carbocycles. The van der Waals surface area contributed by atoms with Crippen LogP contribution in [0.15, 0.2) is 12.1 Å². The fourth-order valence-electron chi connectivity index (χ4n) is 2.27. The number of carbonyl (C=O) groups is 2. The monoisotopic (exact) mass is 263 g/mol. The van der Waals surface area contributed by atoms with Crippen molar-refractivity contribution < 1.29 is 14.7 Å². The molecule has 0 saturated heterocycles. The van der Waals surface area contributed by atoms with Crippen molar-refractivity contribution in [2.24, 2.45) is 5.92 Å². The third-order valence-corrected chi connectivity index (χ3v) is 3.12. The van der Waals surface area contributed by atoms with Crippen molar-refractivity contribution in [1.29, 1.82) is 0 Å². The highest BCUT2D eigenvalue weighted by Gasteiger charge is 2.25. The van der Waals surface area contributed by atoms with Gasteiger partial charge in [-0.15, -0.1) is 0 Å². The van der Waals surface area contributed by atoms with Crippen LogP contribution in [0.3, 0.4) is 0 Å². The van der Waals surface area contributed by atoms with Crippen molar-refractivity contribution in [2.75, 3.05) is 0 Å². The molecule has 2 N–H and O–H groups in total. The zero-order chi connectivity index (χ0) is 14.7. The van der Waals surface area contributed by atoms with Gasteiger partial charge in [-0.1, -0.05) is 31.5 Å². The number of aliphatic carboxylic acids is 1. The Labute approximate surface area is 113 Å². The second kappa shape index (κ2) is 5.87. The standard InChI is InChI=1S/C15H21NO3/c1-8(2)13(15(18)19)16-14(17)12-10(4)6-9(3)7-11(12)5/h6-8,13H,1-5H3,(H,16,17)(H,18,19)/t13-/m0/s1. The lowest BCUT2D eigenvalue weighted by Crippen LogP contribution is -2.44. The molecule has 1 atom stereocenters. The molecule has 0 aliphatic heterocycles. The minimum absolute atomic E-state index is 0.160. The molecule has 19 heavy (non-hydrogen) atoms. The lowest BCUT2D eigenvalue weighted by atomic mass is 9.98. The van der Waals surface area contributed by atoms with Gasteiger partial charge in [0.15, 0.2) is 0 Å². The summed E-state index contributed by atoms with van der Waals surface area (Å²) in [5, 5.41) is 11.7. The summed E-state index contributed by atoms with van der Waals surface area (Å²) >= 11 is 0. The first-order valence-corrected chi connectivity index (χ1v) is 6.35. The average Bonchev–Trinajstić information content (AvgIpc) is 2.23. The first-order chi connectivity index (χ1) is 8.73. The van der Waals surface area contributed by atoms with Crippen LogP contribution in [0.25, 0.3) is 0 Å². The molecule has 1 rings (SSSR count). The van der Waals surface area contributed by atoms with Crippen LogP contribution in [0.1, 0.15) is 40.9 Å². The van der Waals surface area contributed by atoms with E-state index in [0.717, 1.165) is 16.7 Å². The number of carbonyl (C=O) groups excluding carboxylic acids is 1. The Morgan fingerprint density at radius 1 is 1.11 bits per heavy atom. The van der Waals surface area contributed by atoms with E-state index < -0.39 is 12.0 Å². The van der Waals surface area contributed by atoms with E-state index >= 15 is 0 Å². The lowest BCUT2D eigenvalue weighted by Gasteiger charge is -2.19. The van der Waals surface area contributed by atoms with Crippen LogP contribution in [0.4, 0.5) is 0 Å². The summed E-state index contributed by atoms with van der Waals surface area (Å²) < 4.78 is 0. The molecule has 104 valence electrons. The highest BCUT2D eigenvalue weighted by atomic mass is 16.4. The van der Waals surface area contributed by atoms with Crippen LogP contribution in [0, 0.1) is 26.7 Å². The van der Waals surface area contributed by atoms with Crippen LogP contribution in [0.5, 0.6) is 0 Å². The van der Waals surface area contributed by atoms with Crippen molar-refractivity contribution >= 4 is 11.9 Å². The summed E-state index contributed by atoms with van der Waals surface area (Å²) in [6.45, 7) is 9.23. The molecule has 0 aromatic heterocycles. The van der Waals surface area contributed by atoms with E-state index in [1.807, 2.05) is 32.9 Å². The zero-order valence-corrected chi connectivity index (χ0v) is 12.1. The number of amides is 1. The van der Waals surface area contributed by atoms with E-state index in [-0.39, 0.29) is 11.8 Å². The van der Waals surface area contributed by atoms with Gasteiger partial charge in [-0.05, 0) is 37.8 Å². The molecule has 0 fully saturated rings. The van der Waals surface area contributed by atoms with Gasteiger partial charge in [-0.2, -0.15) is 0 Å². The van der Waals surface area contributed by atoms with Gasteiger partial charge < -0.3 is 10.4 Å². The molecule has 4 heteroatoms. The number of hydrogen-bond acceptors (Lipinski definition) is 2. The Hall–Kier alpha value is -1.84. The topological polar surface area (TPSA) is 66.4 Å². The van der Waals surface area contributed by atoms with E-state index in [9.17, 15) is 9.59 Å². The molecule has 0 heterocycles. The fourth-order valence-corrected chi connectivity index (χ4v) is 2.27. The van der Waals surface area contributed by atoms with Crippen molar-refractivity contribution in [3.63, 3.8) is 0 Å². The van der Waals surface area contributed by atoms with Gasteiger partial charge in [0.25, 0.3) is 5.91 Å². The fraction of sp³-hybridized carbons (Fsp3) is 0.467. The highest BCUT2D eigenvalue weighted by molar-refractivity contribution is 5.99. The highest BCUT2D eigenvalue weighted by Crippen LogP contribution is 2.17. The van der Waals surface area contributed by atoms with E-state index in [2.05, 4.69) is 5.32 Å². The van der Waals surface area contributed by atoms with Gasteiger partial charge in [-0.25, -0.2) is 4.79 Å². The molecule has 0 spiro atoms. The van der Waals surface area contributed by atoms with Gasteiger partial charge in [0.2, 0.25) is 0 Å². The van der Waals surface area contributed by atoms with Gasteiger partial charge in [0.1, 0.15) is 6.04 Å². The SMILES string of the molecule is Cc1cc(C)c(C(=O)N[C@H](C(=O)O)C(C)C)c(C)c1. The number of carboxylic acids is 1. The largest absolute Gasteiger partial charge is 0.480 e. The number of benzene rings is 1. The lowest BCUT2D eigenvalue weighted by molar-refractivity contribution is -0.140. The number of hydrogen-bond donors (Lipinski definition) is 2. The quantitative estimate of drug-likeness (QED) is 0.877. The van der Waals surface area contributed by atoms with Crippen LogP contribution in [-0.4, -0.2) is 23.0 Å². The molecule has 1 aromatic rings. The molecular formula is C15H21NO3. The molecule has 0 aliphatic carbocycles. The normalized spacial score (nSPS) is 12.3. The van der Waals surface area contributed by atoms with Crippen molar-refractivity contribution in [2.45, 2.75) is 40.7 Å². The summed E-state index contributed by atoms with van der Waals surface area (Å²) in [7, 11) is 0. The minimum Gasteiger partial charge on any atom is -0.480 e. The maximum Gasteiger partial charge on any atom is 0.326 e. The number of aryl methyl sites for hydroxylation is 3. The Morgan fingerprint density at radius 3 is 1.95 bits per heavy atom. The summed E-state index contributed by atoms with van der Waals surface area (Å²) in [4.78, 5) is 23.4. The Kier molecular flexibility index (Phi) is 4.70. The summed E-state index contributed by atoms with van der Waals surface area (Å²) in [5.41, 5.74) is 3.38. The summed E-state index contributed by atoms with van der Waals surface area (Å²) in [6, 6.07) is 2.98. The van der Waals surface area contributed by atoms with Crippen molar-refractivity contribution in [1.82, 2.24) is 5.32 Å². The minimum atomic E-state index is -1.01. The van der Waals surface area contributed by atoms with Gasteiger partial charge in [-0.3, -0.25) is 4.79 Å². The predicted octanol–water partition coefficient (Wildman–Crippen LogP) is 2.45. The smallest absolute Gasteiger partial charge is 0.326 e. The molecule has 1 amide bonds. The number of nitrogens with one attached hydrogen (secondary N) is 1. The van der Waals surface area contributed by atoms with Crippen LogP contribution in [0.2, 0.25) is 0 Å². The molecule has 0 aliphatic rings. The molecule has 4 nitrogen and oxygen atoms in total. The predicted molar refractivity (Wildman–Crippen MR) is 74.4 cm³/mol. The van der Waals surface area contributed by atoms with Gasteiger partial charge in [0.05, 0.1) is 0 Å². The van der Waals surface area contributed by atoms with E-state index in [1.54, 1.807) is 13.8 Å². The second-order valence-corrected chi connectivity index (χ2v) is 5.31. The first-order valence-electron chi connectivity index (χ1n) is 6.35. The maximum atomic E-state index is 12.2. The summed E-state index contributed by atoms with van der Waals surface area (Å²) in [5.74, 6) is -1.49. The maximum absolute atomic E-state index is 12.2. The molecule has 0 unspecified atom stereocenters.